The molecule has 0 unspecified atom stereocenters. The highest BCUT2D eigenvalue weighted by atomic mass is 32.2. The molecule has 2 aromatic carbocycles. The largest absolute Gasteiger partial charge is 0.508 e. The number of ether oxygens (including phenoxy) is 1. The highest BCUT2D eigenvalue weighted by molar-refractivity contribution is 8.00. The van der Waals surface area contributed by atoms with Crippen LogP contribution < -0.4 is 4.74 Å². The number of phenolic OH excluding ortho intramolecular Hbond substituents is 1. The molecule has 0 aromatic heterocycles. The van der Waals surface area contributed by atoms with Crippen LogP contribution in [0, 0.1) is 0 Å². The molecular formula is C17H18F3NO6S2. The van der Waals surface area contributed by atoms with Crippen molar-refractivity contribution in [2.24, 2.45) is 5.16 Å². The summed E-state index contributed by atoms with van der Waals surface area (Å²) >= 11 is 1.31. The van der Waals surface area contributed by atoms with E-state index in [1.54, 1.807) is 12.1 Å². The van der Waals surface area contributed by atoms with E-state index in [-0.39, 0.29) is 17.1 Å². The van der Waals surface area contributed by atoms with E-state index < -0.39 is 22.0 Å². The number of phenols is 1. The third-order valence-electron chi connectivity index (χ3n) is 3.18. The minimum atomic E-state index is -4.68. The van der Waals surface area contributed by atoms with Gasteiger partial charge in [-0.3, -0.25) is 4.55 Å². The lowest BCUT2D eigenvalue weighted by atomic mass is 10.1. The first kappa shape index (κ1) is 24.6. The molecule has 0 saturated carbocycles. The lowest BCUT2D eigenvalue weighted by Gasteiger charge is -2.08. The van der Waals surface area contributed by atoms with Crippen molar-refractivity contribution in [3.05, 3.63) is 54.1 Å². The predicted molar refractivity (Wildman–Crippen MR) is 103 cm³/mol. The average molecular weight is 453 g/mol. The van der Waals surface area contributed by atoms with Gasteiger partial charge in [0.15, 0.2) is 5.71 Å². The van der Waals surface area contributed by atoms with Crippen molar-refractivity contribution < 1.29 is 41.2 Å². The predicted octanol–water partition coefficient (Wildman–Crippen LogP) is 3.81. The molecule has 0 fully saturated rings. The van der Waals surface area contributed by atoms with Crippen molar-refractivity contribution in [2.45, 2.75) is 11.1 Å². The maximum absolute atomic E-state index is 12.3. The van der Waals surface area contributed by atoms with Gasteiger partial charge in [-0.25, -0.2) is 0 Å². The number of aromatic hydroxyl groups is 1. The Balaban J connectivity index is 0.000000291. The molecule has 0 saturated heterocycles. The van der Waals surface area contributed by atoms with Crippen molar-refractivity contribution in [1.29, 1.82) is 0 Å². The molecule has 0 atom stereocenters. The van der Waals surface area contributed by atoms with Gasteiger partial charge in [-0.15, -0.1) is 11.8 Å². The van der Waals surface area contributed by atoms with Gasteiger partial charge in [0.1, 0.15) is 11.5 Å². The van der Waals surface area contributed by atoms with Gasteiger partial charge in [-0.1, -0.05) is 5.16 Å². The zero-order valence-corrected chi connectivity index (χ0v) is 16.6. The van der Waals surface area contributed by atoms with Crippen LogP contribution in [0.3, 0.4) is 0 Å². The quantitative estimate of drug-likeness (QED) is 0.200. The second-order valence-corrected chi connectivity index (χ2v) is 8.04. The van der Waals surface area contributed by atoms with Crippen LogP contribution in [-0.4, -0.2) is 53.8 Å². The van der Waals surface area contributed by atoms with E-state index in [0.29, 0.717) is 11.5 Å². The summed E-state index contributed by atoms with van der Waals surface area (Å²) in [5, 5.41) is 19.5. The Kier molecular flexibility index (Phi) is 9.27. The number of hydrogen-bond donors (Lipinski definition) is 3. The lowest BCUT2D eigenvalue weighted by molar-refractivity contribution is -0.0601. The number of rotatable bonds is 6. The Labute approximate surface area is 169 Å². The Hall–Kier alpha value is -2.44. The number of nitrogens with zero attached hydrogens (tertiary/aromatic N) is 1. The molecule has 0 radical (unpaired) electrons. The molecule has 0 bridgehead atoms. The van der Waals surface area contributed by atoms with Crippen LogP contribution in [0.1, 0.15) is 5.56 Å². The zero-order chi connectivity index (χ0) is 22.1. The maximum atomic E-state index is 12.3. The summed E-state index contributed by atoms with van der Waals surface area (Å²) in [5.41, 5.74) is -1.55. The number of alkyl halides is 3. The SMILES string of the molecule is COc1ccc(/C(=N/O)C(F)(F)F)cc1.O=S(=O)(O)CCSc1ccc(O)cc1. The Morgan fingerprint density at radius 3 is 2.07 bits per heavy atom. The standard InChI is InChI=1S/C9H8F3NO2.C8H10O4S2/c1-15-7-4-2-6(3-5-7)8(13-14)9(10,11)12;9-7-1-3-8(4-2-7)13-5-6-14(10,11)12/h2-5,14H,1H3;1-4,9H,5-6H2,(H,10,11,12)/b13-8-;. The van der Waals surface area contributed by atoms with Crippen LogP contribution in [0.4, 0.5) is 13.2 Å². The summed E-state index contributed by atoms with van der Waals surface area (Å²) < 4.78 is 70.8. The molecule has 0 aliphatic heterocycles. The lowest BCUT2D eigenvalue weighted by Crippen LogP contribution is -2.23. The van der Waals surface area contributed by atoms with Crippen LogP contribution in [-0.2, 0) is 10.1 Å². The second kappa shape index (κ2) is 10.9. The first-order chi connectivity index (χ1) is 13.5. The minimum Gasteiger partial charge on any atom is -0.508 e. The molecule has 0 aliphatic carbocycles. The van der Waals surface area contributed by atoms with Crippen LogP contribution in [0.2, 0.25) is 0 Å². The number of oxime groups is 1. The van der Waals surface area contributed by atoms with Crippen molar-refractivity contribution in [1.82, 2.24) is 0 Å². The molecule has 3 N–H and O–H groups in total. The number of methoxy groups -OCH3 is 1. The van der Waals surface area contributed by atoms with E-state index in [1.807, 2.05) is 0 Å². The van der Waals surface area contributed by atoms with E-state index in [1.165, 1.54) is 55.3 Å². The summed E-state index contributed by atoms with van der Waals surface area (Å²) in [6.07, 6.45) is -4.68. The minimum absolute atomic E-state index is 0.170. The monoisotopic (exact) mass is 453 g/mol. The van der Waals surface area contributed by atoms with Gasteiger partial charge in [-0.05, 0) is 48.5 Å². The second-order valence-electron chi connectivity index (χ2n) is 5.30. The van der Waals surface area contributed by atoms with E-state index >= 15 is 0 Å². The number of hydrogen-bond acceptors (Lipinski definition) is 7. The summed E-state index contributed by atoms with van der Waals surface area (Å²) in [4.78, 5) is 0.853. The van der Waals surface area contributed by atoms with E-state index in [0.717, 1.165) is 4.90 Å². The molecule has 0 spiro atoms. The average Bonchev–Trinajstić information content (AvgIpc) is 2.63. The third-order valence-corrected chi connectivity index (χ3v) is 5.17. The van der Waals surface area contributed by atoms with Gasteiger partial charge in [0.25, 0.3) is 10.1 Å². The zero-order valence-electron chi connectivity index (χ0n) is 15.0. The van der Waals surface area contributed by atoms with Crippen molar-refractivity contribution in [3.8, 4) is 11.5 Å². The van der Waals surface area contributed by atoms with Gasteiger partial charge < -0.3 is 15.1 Å². The van der Waals surface area contributed by atoms with Gasteiger partial charge in [0.2, 0.25) is 0 Å². The van der Waals surface area contributed by atoms with Gasteiger partial charge in [0.05, 0.1) is 12.9 Å². The smallest absolute Gasteiger partial charge is 0.437 e. The number of halogens is 3. The summed E-state index contributed by atoms with van der Waals surface area (Å²) in [7, 11) is -2.47. The molecule has 0 heterocycles. The van der Waals surface area contributed by atoms with E-state index in [9.17, 15) is 21.6 Å². The molecule has 2 rings (SSSR count). The fourth-order valence-corrected chi connectivity index (χ4v) is 3.57. The van der Waals surface area contributed by atoms with Crippen molar-refractivity contribution >= 4 is 27.6 Å². The van der Waals surface area contributed by atoms with Crippen LogP contribution in [0.15, 0.2) is 58.6 Å². The topological polar surface area (TPSA) is 116 Å². The fourth-order valence-electron chi connectivity index (χ4n) is 1.83. The van der Waals surface area contributed by atoms with Gasteiger partial charge in [-0.2, -0.15) is 21.6 Å². The van der Waals surface area contributed by atoms with Gasteiger partial charge >= 0.3 is 6.18 Å². The number of thioether (sulfide) groups is 1. The van der Waals surface area contributed by atoms with Gasteiger partial charge in [0, 0.05) is 16.2 Å². The summed E-state index contributed by atoms with van der Waals surface area (Å²) in [6.45, 7) is 0. The summed E-state index contributed by atoms with van der Waals surface area (Å²) in [5.74, 6) is 0.629. The Bertz CT molecular complexity index is 898. The van der Waals surface area contributed by atoms with E-state index in [2.05, 4.69) is 5.16 Å². The third kappa shape index (κ3) is 9.54. The highest BCUT2D eigenvalue weighted by Crippen LogP contribution is 2.24. The molecule has 29 heavy (non-hydrogen) atoms. The molecule has 0 aliphatic rings. The van der Waals surface area contributed by atoms with Crippen LogP contribution >= 0.6 is 11.8 Å². The highest BCUT2D eigenvalue weighted by Gasteiger charge is 2.37. The van der Waals surface area contributed by atoms with Crippen LogP contribution in [0.5, 0.6) is 11.5 Å². The fraction of sp³-hybridized carbons (Fsp3) is 0.235. The normalized spacial score (nSPS) is 12.1. The maximum Gasteiger partial charge on any atom is 0.437 e. The van der Waals surface area contributed by atoms with Crippen molar-refractivity contribution in [2.75, 3.05) is 18.6 Å². The molecule has 0 amide bonds. The Morgan fingerprint density at radius 1 is 1.10 bits per heavy atom. The molecule has 7 nitrogen and oxygen atoms in total. The van der Waals surface area contributed by atoms with Crippen LogP contribution in [0.25, 0.3) is 0 Å². The molecule has 12 heteroatoms. The Morgan fingerprint density at radius 2 is 1.66 bits per heavy atom. The molecule has 2 aromatic rings. The number of benzene rings is 2. The van der Waals surface area contributed by atoms with Crippen molar-refractivity contribution in [3.63, 3.8) is 0 Å². The summed E-state index contributed by atoms with van der Waals surface area (Å²) in [6, 6.07) is 11.5. The molecule has 160 valence electrons. The first-order valence-corrected chi connectivity index (χ1v) is 10.4. The molecular weight excluding hydrogens is 435 g/mol. The first-order valence-electron chi connectivity index (χ1n) is 7.77. The van der Waals surface area contributed by atoms with E-state index in [4.69, 9.17) is 19.6 Å².